The Bertz CT molecular complexity index is 1270. The monoisotopic (exact) mass is 594 g/mol. The van der Waals surface area contributed by atoms with Crippen LogP contribution >= 0.6 is 27.7 Å². The number of rotatable bonds is 12. The van der Waals surface area contributed by atoms with Crippen molar-refractivity contribution in [3.63, 3.8) is 0 Å². The van der Waals surface area contributed by atoms with E-state index in [4.69, 9.17) is 4.74 Å². The number of halogens is 2. The van der Waals surface area contributed by atoms with E-state index in [2.05, 4.69) is 21.2 Å². The summed E-state index contributed by atoms with van der Waals surface area (Å²) in [6.45, 7) is 1.98. The number of nitrogens with one attached hydrogen (secondary N) is 1. The minimum atomic E-state index is -4.03. The van der Waals surface area contributed by atoms with E-state index in [1.165, 1.54) is 31.4 Å². The molecular weight excluding hydrogens is 567 g/mol. The summed E-state index contributed by atoms with van der Waals surface area (Å²) in [6, 6.07) is 17.8. The lowest BCUT2D eigenvalue weighted by atomic mass is 10.2. The highest BCUT2D eigenvalue weighted by Gasteiger charge is 2.28. The van der Waals surface area contributed by atoms with E-state index in [0.717, 1.165) is 33.4 Å². The molecule has 0 saturated heterocycles. The van der Waals surface area contributed by atoms with Crippen LogP contribution in [-0.4, -0.2) is 40.3 Å². The van der Waals surface area contributed by atoms with Crippen molar-refractivity contribution in [1.29, 1.82) is 0 Å². The number of sulfonamides is 1. The Kier molecular flexibility index (Phi) is 10.2. The second kappa shape index (κ2) is 13.1. The number of anilines is 1. The molecule has 0 atom stereocenters. The van der Waals surface area contributed by atoms with Gasteiger partial charge in [-0.1, -0.05) is 29.8 Å². The zero-order valence-corrected chi connectivity index (χ0v) is 23.3. The molecular formula is C26H28BrFN2O4S2. The summed E-state index contributed by atoms with van der Waals surface area (Å²) in [5.41, 5.74) is 2.41. The Balaban J connectivity index is 1.62. The van der Waals surface area contributed by atoms with Crippen LogP contribution in [0, 0.1) is 12.7 Å². The number of thioether (sulfide) groups is 1. The summed E-state index contributed by atoms with van der Waals surface area (Å²) >= 11 is 5.02. The first-order chi connectivity index (χ1) is 17.2. The quantitative estimate of drug-likeness (QED) is 0.279. The zero-order chi connectivity index (χ0) is 26.1. The second-order valence-corrected chi connectivity index (χ2v) is 11.8. The number of methoxy groups -OCH3 is 1. The molecule has 0 heterocycles. The maximum atomic E-state index is 13.5. The van der Waals surface area contributed by atoms with Gasteiger partial charge in [0, 0.05) is 12.3 Å². The molecule has 0 saturated carbocycles. The molecule has 0 unspecified atom stereocenters. The number of carbonyl (C=O) groups is 1. The van der Waals surface area contributed by atoms with E-state index in [9.17, 15) is 17.6 Å². The number of benzene rings is 3. The third kappa shape index (κ3) is 7.72. The normalized spacial score (nSPS) is 11.2. The van der Waals surface area contributed by atoms with Gasteiger partial charge in [-0.3, -0.25) is 9.10 Å². The Morgan fingerprint density at radius 1 is 1.08 bits per heavy atom. The van der Waals surface area contributed by atoms with Crippen LogP contribution in [0.4, 0.5) is 10.1 Å². The second-order valence-electron chi connectivity index (χ2n) is 8.03. The smallest absolute Gasteiger partial charge is 0.264 e. The summed E-state index contributed by atoms with van der Waals surface area (Å²) in [5.74, 6) is 1.41. The average Bonchev–Trinajstić information content (AvgIpc) is 2.86. The van der Waals surface area contributed by atoms with Gasteiger partial charge in [-0.15, -0.1) is 0 Å². The fourth-order valence-electron chi connectivity index (χ4n) is 3.32. The van der Waals surface area contributed by atoms with Crippen LogP contribution < -0.4 is 14.4 Å². The zero-order valence-electron chi connectivity index (χ0n) is 20.0. The largest absolute Gasteiger partial charge is 0.496 e. The molecule has 0 fully saturated rings. The van der Waals surface area contributed by atoms with Gasteiger partial charge in [0.2, 0.25) is 5.91 Å². The first-order valence-electron chi connectivity index (χ1n) is 11.2. The molecule has 0 radical (unpaired) electrons. The van der Waals surface area contributed by atoms with Crippen molar-refractivity contribution >= 4 is 49.3 Å². The topological polar surface area (TPSA) is 75.7 Å². The van der Waals surface area contributed by atoms with Gasteiger partial charge in [-0.25, -0.2) is 12.8 Å². The van der Waals surface area contributed by atoms with Gasteiger partial charge in [0.15, 0.2) is 0 Å². The molecule has 3 aromatic rings. The van der Waals surface area contributed by atoms with Crippen LogP contribution in [0.15, 0.2) is 76.1 Å². The Labute approximate surface area is 224 Å². The number of carbonyl (C=O) groups excluding carboxylic acids is 1. The lowest BCUT2D eigenvalue weighted by molar-refractivity contribution is -0.119. The summed E-state index contributed by atoms with van der Waals surface area (Å²) in [7, 11) is -2.53. The highest BCUT2D eigenvalue weighted by atomic mass is 79.9. The van der Waals surface area contributed by atoms with E-state index in [1.54, 1.807) is 54.2 Å². The molecule has 3 aromatic carbocycles. The van der Waals surface area contributed by atoms with Crippen LogP contribution in [0.5, 0.6) is 5.75 Å². The van der Waals surface area contributed by atoms with E-state index < -0.39 is 15.9 Å². The van der Waals surface area contributed by atoms with Crippen LogP contribution in [0.2, 0.25) is 0 Å². The van der Waals surface area contributed by atoms with Crippen LogP contribution in [0.3, 0.4) is 0 Å². The summed E-state index contributed by atoms with van der Waals surface area (Å²) in [6.07, 6.45) is 0.723. The molecule has 10 heteroatoms. The third-order valence-corrected chi connectivity index (χ3v) is 8.79. The van der Waals surface area contributed by atoms with E-state index in [1.807, 2.05) is 6.92 Å². The molecule has 192 valence electrons. The maximum Gasteiger partial charge on any atom is 0.264 e. The fourth-order valence-corrected chi connectivity index (χ4v) is 6.38. The predicted octanol–water partition coefficient (Wildman–Crippen LogP) is 5.54. The Hall–Kier alpha value is -2.56. The number of ether oxygens (including phenoxy) is 1. The van der Waals surface area contributed by atoms with Crippen LogP contribution in [0.25, 0.3) is 0 Å². The van der Waals surface area contributed by atoms with Crippen molar-refractivity contribution in [3.05, 3.63) is 88.1 Å². The molecule has 0 aromatic heterocycles. The minimum Gasteiger partial charge on any atom is -0.496 e. The van der Waals surface area contributed by atoms with Gasteiger partial charge < -0.3 is 10.1 Å². The number of nitrogens with zero attached hydrogens (tertiary/aromatic N) is 1. The third-order valence-electron chi connectivity index (χ3n) is 5.29. The van der Waals surface area contributed by atoms with Crippen molar-refractivity contribution in [3.8, 4) is 5.75 Å². The molecule has 36 heavy (non-hydrogen) atoms. The predicted molar refractivity (Wildman–Crippen MR) is 147 cm³/mol. The van der Waals surface area contributed by atoms with Crippen molar-refractivity contribution in [2.24, 2.45) is 0 Å². The summed E-state index contributed by atoms with van der Waals surface area (Å²) < 4.78 is 46.9. The molecule has 0 bridgehead atoms. The highest BCUT2D eigenvalue weighted by Crippen LogP contribution is 2.30. The molecule has 6 nitrogen and oxygen atoms in total. The number of hydrogen-bond donors (Lipinski definition) is 1. The first kappa shape index (κ1) is 28.0. The van der Waals surface area contributed by atoms with Gasteiger partial charge in [0.05, 0.1) is 22.2 Å². The van der Waals surface area contributed by atoms with Crippen molar-refractivity contribution in [2.75, 3.05) is 30.3 Å². The SMILES string of the molecule is COc1ccc(S(=O)(=O)N(CC(=O)NCCCSCc2ccc(F)cc2)c2ccc(C)cc2)cc1Br. The van der Waals surface area contributed by atoms with Crippen molar-refractivity contribution < 1.29 is 22.3 Å². The standard InChI is InChI=1S/C26H28BrFN2O4S2/c1-19-4-10-22(11-5-19)30(36(32,33)23-12-13-25(34-2)24(27)16-23)17-26(31)29-14-3-15-35-18-20-6-8-21(28)9-7-20/h4-13,16H,3,14-15,17-18H2,1-2H3,(H,29,31). The molecule has 0 aliphatic heterocycles. The van der Waals surface area contributed by atoms with Crippen LogP contribution in [0.1, 0.15) is 17.5 Å². The van der Waals surface area contributed by atoms with Gasteiger partial charge in [0.25, 0.3) is 10.0 Å². The Morgan fingerprint density at radius 2 is 1.78 bits per heavy atom. The lowest BCUT2D eigenvalue weighted by Crippen LogP contribution is -2.41. The number of aryl methyl sites for hydroxylation is 1. The minimum absolute atomic E-state index is 0.0424. The summed E-state index contributed by atoms with van der Waals surface area (Å²) in [4.78, 5) is 12.8. The van der Waals surface area contributed by atoms with Crippen molar-refractivity contribution in [1.82, 2.24) is 5.32 Å². The van der Waals surface area contributed by atoms with E-state index in [0.29, 0.717) is 22.5 Å². The lowest BCUT2D eigenvalue weighted by Gasteiger charge is -2.24. The number of amides is 1. The Morgan fingerprint density at radius 3 is 2.42 bits per heavy atom. The molecule has 0 aliphatic rings. The fraction of sp³-hybridized carbons (Fsp3) is 0.269. The maximum absolute atomic E-state index is 13.5. The first-order valence-corrected chi connectivity index (χ1v) is 14.6. The van der Waals surface area contributed by atoms with Gasteiger partial charge in [-0.2, -0.15) is 11.8 Å². The van der Waals surface area contributed by atoms with E-state index >= 15 is 0 Å². The average molecular weight is 596 g/mol. The van der Waals surface area contributed by atoms with Crippen LogP contribution in [-0.2, 0) is 20.6 Å². The molecule has 3 rings (SSSR count). The highest BCUT2D eigenvalue weighted by molar-refractivity contribution is 9.10. The molecule has 1 N–H and O–H groups in total. The molecule has 1 amide bonds. The van der Waals surface area contributed by atoms with Gasteiger partial charge in [-0.05, 0) is 83.1 Å². The molecule has 0 spiro atoms. The van der Waals surface area contributed by atoms with Gasteiger partial charge in [0.1, 0.15) is 18.1 Å². The summed E-state index contributed by atoms with van der Waals surface area (Å²) in [5, 5.41) is 2.82. The number of hydrogen-bond acceptors (Lipinski definition) is 5. The van der Waals surface area contributed by atoms with E-state index in [-0.39, 0.29) is 17.3 Å². The molecule has 0 aliphatic carbocycles. The van der Waals surface area contributed by atoms with Gasteiger partial charge >= 0.3 is 0 Å². The van der Waals surface area contributed by atoms with Crippen molar-refractivity contribution in [2.45, 2.75) is 24.0 Å².